The highest BCUT2D eigenvalue weighted by molar-refractivity contribution is 5.96. The molecule has 0 spiro atoms. The maximum atomic E-state index is 11.0. The predicted octanol–water partition coefficient (Wildman–Crippen LogP) is 3.99. The normalized spacial score (nSPS) is 10.5. The van der Waals surface area contributed by atoms with E-state index in [0.29, 0.717) is 5.69 Å². The number of carbonyl (C=O) groups is 1. The third-order valence-electron chi connectivity index (χ3n) is 3.37. The van der Waals surface area contributed by atoms with Crippen LogP contribution in [0.5, 0.6) is 0 Å². The Morgan fingerprint density at radius 1 is 1.14 bits per heavy atom. The van der Waals surface area contributed by atoms with Crippen molar-refractivity contribution < 1.29 is 9.90 Å². The van der Waals surface area contributed by atoms with Gasteiger partial charge in [-0.15, -0.1) is 0 Å². The summed E-state index contributed by atoms with van der Waals surface area (Å²) in [7, 11) is 0. The molecule has 0 aliphatic rings. The summed E-state index contributed by atoms with van der Waals surface area (Å²) >= 11 is 0. The zero-order chi connectivity index (χ0) is 14.8. The van der Waals surface area contributed by atoms with E-state index >= 15 is 0 Å². The van der Waals surface area contributed by atoms with Crippen molar-refractivity contribution in [2.24, 2.45) is 0 Å². The maximum absolute atomic E-state index is 11.0. The largest absolute Gasteiger partial charge is 0.478 e. The summed E-state index contributed by atoms with van der Waals surface area (Å²) < 4.78 is 0. The molecule has 2 aromatic carbocycles. The van der Waals surface area contributed by atoms with Gasteiger partial charge in [-0.25, -0.2) is 9.78 Å². The van der Waals surface area contributed by atoms with E-state index in [0.717, 1.165) is 22.2 Å². The SMILES string of the molecule is Cc1cccc2ccnc(Nc3cccc(C(=O)O)c3)c12. The average molecular weight is 278 g/mol. The first-order valence-corrected chi connectivity index (χ1v) is 6.60. The molecule has 3 rings (SSSR count). The number of carboxylic acids is 1. The molecule has 2 N–H and O–H groups in total. The summed E-state index contributed by atoms with van der Waals surface area (Å²) in [5.74, 6) is -0.214. The smallest absolute Gasteiger partial charge is 0.335 e. The highest BCUT2D eigenvalue weighted by Crippen LogP contribution is 2.27. The predicted molar refractivity (Wildman–Crippen MR) is 83.2 cm³/mol. The van der Waals surface area contributed by atoms with Crippen molar-refractivity contribution in [2.75, 3.05) is 5.32 Å². The number of anilines is 2. The molecule has 1 aromatic heterocycles. The van der Waals surface area contributed by atoms with Gasteiger partial charge in [0.15, 0.2) is 0 Å². The molecule has 4 nitrogen and oxygen atoms in total. The molecule has 0 aliphatic carbocycles. The molecule has 104 valence electrons. The van der Waals surface area contributed by atoms with Crippen molar-refractivity contribution in [1.29, 1.82) is 0 Å². The standard InChI is InChI=1S/C17H14N2O2/c1-11-4-2-5-12-8-9-18-16(15(11)12)19-14-7-3-6-13(10-14)17(20)21/h2-10H,1H3,(H,18,19)(H,20,21). The molecule has 3 aromatic rings. The second kappa shape index (κ2) is 5.25. The van der Waals surface area contributed by atoms with Crippen LogP contribution < -0.4 is 5.32 Å². The number of benzene rings is 2. The molecule has 0 unspecified atom stereocenters. The fourth-order valence-corrected chi connectivity index (χ4v) is 2.37. The van der Waals surface area contributed by atoms with Crippen molar-refractivity contribution in [2.45, 2.75) is 6.92 Å². The Labute approximate surface area is 122 Å². The van der Waals surface area contributed by atoms with Crippen LogP contribution in [0, 0.1) is 6.92 Å². The highest BCUT2D eigenvalue weighted by Gasteiger charge is 2.07. The summed E-state index contributed by atoms with van der Waals surface area (Å²) in [6.45, 7) is 2.03. The third kappa shape index (κ3) is 2.56. The summed E-state index contributed by atoms with van der Waals surface area (Å²) in [5, 5.41) is 14.4. The first-order valence-electron chi connectivity index (χ1n) is 6.60. The lowest BCUT2D eigenvalue weighted by Gasteiger charge is -2.11. The van der Waals surface area contributed by atoms with Crippen molar-refractivity contribution in [1.82, 2.24) is 4.98 Å². The van der Waals surface area contributed by atoms with Crippen LogP contribution in [-0.2, 0) is 0 Å². The van der Waals surface area contributed by atoms with Crippen molar-refractivity contribution in [3.8, 4) is 0 Å². The molecule has 1 heterocycles. The van der Waals surface area contributed by atoms with E-state index in [-0.39, 0.29) is 5.56 Å². The Hall–Kier alpha value is -2.88. The van der Waals surface area contributed by atoms with Crippen molar-refractivity contribution >= 4 is 28.2 Å². The van der Waals surface area contributed by atoms with Gasteiger partial charge in [0, 0.05) is 17.3 Å². The number of aromatic nitrogens is 1. The second-order valence-corrected chi connectivity index (χ2v) is 4.84. The molecule has 0 atom stereocenters. The first kappa shape index (κ1) is 13.1. The minimum absolute atomic E-state index is 0.247. The zero-order valence-corrected chi connectivity index (χ0v) is 11.5. The van der Waals surface area contributed by atoms with Gasteiger partial charge < -0.3 is 10.4 Å². The van der Waals surface area contributed by atoms with Crippen LogP contribution in [0.15, 0.2) is 54.7 Å². The van der Waals surface area contributed by atoms with Gasteiger partial charge >= 0.3 is 5.97 Å². The number of aromatic carboxylic acids is 1. The van der Waals surface area contributed by atoms with E-state index in [1.807, 2.05) is 37.3 Å². The van der Waals surface area contributed by atoms with Gasteiger partial charge in [0.2, 0.25) is 0 Å². The number of nitrogens with one attached hydrogen (secondary N) is 1. The zero-order valence-electron chi connectivity index (χ0n) is 11.5. The van der Waals surface area contributed by atoms with Crippen LogP contribution in [0.3, 0.4) is 0 Å². The lowest BCUT2D eigenvalue weighted by Crippen LogP contribution is -1.99. The van der Waals surface area contributed by atoms with Gasteiger partial charge in [-0.3, -0.25) is 0 Å². The highest BCUT2D eigenvalue weighted by atomic mass is 16.4. The number of nitrogens with zero attached hydrogens (tertiary/aromatic N) is 1. The van der Waals surface area contributed by atoms with E-state index in [1.54, 1.807) is 24.4 Å². The van der Waals surface area contributed by atoms with Gasteiger partial charge in [0.1, 0.15) is 5.82 Å². The number of hydrogen-bond acceptors (Lipinski definition) is 3. The summed E-state index contributed by atoms with van der Waals surface area (Å²) in [5.41, 5.74) is 2.08. The Morgan fingerprint density at radius 3 is 2.76 bits per heavy atom. The van der Waals surface area contributed by atoms with E-state index in [2.05, 4.69) is 10.3 Å². The number of carboxylic acid groups (broad SMARTS) is 1. The van der Waals surface area contributed by atoms with E-state index < -0.39 is 5.97 Å². The molecule has 0 bridgehead atoms. The molecular weight excluding hydrogens is 264 g/mol. The topological polar surface area (TPSA) is 62.2 Å². The molecule has 21 heavy (non-hydrogen) atoms. The lowest BCUT2D eigenvalue weighted by atomic mass is 10.1. The van der Waals surface area contributed by atoms with E-state index in [4.69, 9.17) is 5.11 Å². The van der Waals surface area contributed by atoms with Gasteiger partial charge in [-0.05, 0) is 42.1 Å². The van der Waals surface area contributed by atoms with E-state index in [9.17, 15) is 4.79 Å². The molecule has 4 heteroatoms. The molecule has 0 saturated heterocycles. The van der Waals surface area contributed by atoms with Crippen LogP contribution in [0.4, 0.5) is 11.5 Å². The fourth-order valence-electron chi connectivity index (χ4n) is 2.37. The molecule has 0 fully saturated rings. The van der Waals surface area contributed by atoms with Crippen molar-refractivity contribution in [3.05, 3.63) is 65.9 Å². The number of aryl methyl sites for hydroxylation is 1. The molecule has 0 aliphatic heterocycles. The van der Waals surface area contributed by atoms with Crippen LogP contribution in [0.2, 0.25) is 0 Å². The van der Waals surface area contributed by atoms with Gasteiger partial charge in [0.25, 0.3) is 0 Å². The fraction of sp³-hybridized carbons (Fsp3) is 0.0588. The maximum Gasteiger partial charge on any atom is 0.335 e. The monoisotopic (exact) mass is 278 g/mol. The van der Waals surface area contributed by atoms with Gasteiger partial charge in [0.05, 0.1) is 5.56 Å². The number of fused-ring (bicyclic) bond motifs is 1. The van der Waals surface area contributed by atoms with Crippen molar-refractivity contribution in [3.63, 3.8) is 0 Å². The molecule has 0 amide bonds. The van der Waals surface area contributed by atoms with Gasteiger partial charge in [-0.1, -0.05) is 24.3 Å². The lowest BCUT2D eigenvalue weighted by molar-refractivity contribution is 0.0697. The van der Waals surface area contributed by atoms with Crippen LogP contribution >= 0.6 is 0 Å². The molecule has 0 saturated carbocycles. The summed E-state index contributed by atoms with van der Waals surface area (Å²) in [4.78, 5) is 15.4. The summed E-state index contributed by atoms with van der Waals surface area (Å²) in [6.07, 6.45) is 1.74. The second-order valence-electron chi connectivity index (χ2n) is 4.84. The van der Waals surface area contributed by atoms with Crippen LogP contribution in [0.25, 0.3) is 10.8 Å². The Bertz CT molecular complexity index is 823. The Balaban J connectivity index is 2.06. The summed E-state index contributed by atoms with van der Waals surface area (Å²) in [6, 6.07) is 14.7. The Kier molecular flexibility index (Phi) is 3.28. The number of rotatable bonds is 3. The Morgan fingerprint density at radius 2 is 1.95 bits per heavy atom. The molecular formula is C17H14N2O2. The molecule has 0 radical (unpaired) electrons. The van der Waals surface area contributed by atoms with E-state index in [1.165, 1.54) is 0 Å². The minimum atomic E-state index is -0.944. The quantitative estimate of drug-likeness (QED) is 0.760. The van der Waals surface area contributed by atoms with Gasteiger partial charge in [-0.2, -0.15) is 0 Å². The number of pyridine rings is 1. The first-order chi connectivity index (χ1) is 10.1. The minimum Gasteiger partial charge on any atom is -0.478 e. The van der Waals surface area contributed by atoms with Crippen LogP contribution in [-0.4, -0.2) is 16.1 Å². The average Bonchev–Trinajstić information content (AvgIpc) is 2.48. The number of hydrogen-bond donors (Lipinski definition) is 2. The van der Waals surface area contributed by atoms with Crippen LogP contribution in [0.1, 0.15) is 15.9 Å². The third-order valence-corrected chi connectivity index (χ3v) is 3.37.